The summed E-state index contributed by atoms with van der Waals surface area (Å²) in [5, 5.41) is 0. The Morgan fingerprint density at radius 2 is 2.11 bits per heavy atom. The van der Waals surface area contributed by atoms with E-state index in [2.05, 4.69) is 0 Å². The number of carbonyl (C=O) groups excluding carboxylic acids is 2. The molecule has 0 radical (unpaired) electrons. The van der Waals surface area contributed by atoms with E-state index < -0.39 is 11.5 Å². The fourth-order valence-electron chi connectivity index (χ4n) is 2.29. The Labute approximate surface area is 106 Å². The van der Waals surface area contributed by atoms with Crippen LogP contribution in [0.4, 0.5) is 0 Å². The first-order valence-electron chi connectivity index (χ1n) is 6.02. The van der Waals surface area contributed by atoms with E-state index in [1.165, 1.54) is 0 Å². The topological polar surface area (TPSA) is 52.6 Å². The van der Waals surface area contributed by atoms with Crippen molar-refractivity contribution in [2.45, 2.75) is 25.9 Å². The summed E-state index contributed by atoms with van der Waals surface area (Å²) >= 11 is 0. The Morgan fingerprint density at radius 3 is 2.72 bits per heavy atom. The zero-order valence-electron chi connectivity index (χ0n) is 10.5. The largest absolute Gasteiger partial charge is 0.466 e. The van der Waals surface area contributed by atoms with Crippen LogP contribution in [0, 0.1) is 5.92 Å². The van der Waals surface area contributed by atoms with E-state index in [-0.39, 0.29) is 18.4 Å². The zero-order valence-corrected chi connectivity index (χ0v) is 10.5. The minimum absolute atomic E-state index is 0.0736. The second kappa shape index (κ2) is 4.80. The molecule has 4 heteroatoms. The summed E-state index contributed by atoms with van der Waals surface area (Å²) in [6, 6.07) is 9.29. The molecule has 96 valence electrons. The van der Waals surface area contributed by atoms with Crippen LogP contribution in [-0.4, -0.2) is 18.5 Å². The van der Waals surface area contributed by atoms with Gasteiger partial charge in [0, 0.05) is 0 Å². The van der Waals surface area contributed by atoms with Crippen LogP contribution in [0.2, 0.25) is 0 Å². The Hall–Kier alpha value is -1.84. The second-order valence-corrected chi connectivity index (χ2v) is 4.46. The minimum Gasteiger partial charge on any atom is -0.466 e. The molecule has 4 nitrogen and oxygen atoms in total. The summed E-state index contributed by atoms with van der Waals surface area (Å²) in [6.07, 6.45) is 0.0736. The molecule has 0 amide bonds. The lowest BCUT2D eigenvalue weighted by Gasteiger charge is -2.28. The highest BCUT2D eigenvalue weighted by Gasteiger charge is 2.51. The molecule has 1 fully saturated rings. The molecular formula is C14H16O4. The van der Waals surface area contributed by atoms with Gasteiger partial charge in [-0.25, -0.2) is 0 Å². The first-order chi connectivity index (χ1) is 8.58. The van der Waals surface area contributed by atoms with Crippen molar-refractivity contribution in [2.24, 2.45) is 5.92 Å². The maximum atomic E-state index is 11.9. The quantitative estimate of drug-likeness (QED) is 0.768. The Balaban J connectivity index is 2.34. The molecule has 0 N–H and O–H groups in total. The number of carbonyl (C=O) groups is 2. The molecule has 1 aromatic rings. The van der Waals surface area contributed by atoms with Gasteiger partial charge in [-0.1, -0.05) is 30.3 Å². The molecule has 18 heavy (non-hydrogen) atoms. The monoisotopic (exact) mass is 248 g/mol. The van der Waals surface area contributed by atoms with Crippen molar-refractivity contribution >= 4 is 11.9 Å². The maximum Gasteiger partial charge on any atom is 0.313 e. The number of hydrogen-bond donors (Lipinski definition) is 0. The first kappa shape index (κ1) is 12.6. The molecule has 0 bridgehead atoms. The van der Waals surface area contributed by atoms with Gasteiger partial charge in [0.1, 0.15) is 11.5 Å². The van der Waals surface area contributed by atoms with Crippen LogP contribution in [0.3, 0.4) is 0 Å². The van der Waals surface area contributed by atoms with Gasteiger partial charge in [-0.05, 0) is 19.4 Å². The standard InChI is InChI=1S/C14H16O4/c1-3-17-13(16)11-9-12(15)18-14(11,2)10-7-5-4-6-8-10/h4-8,11H,3,9H2,1-2H3/t11-,14+/m0/s1. The smallest absolute Gasteiger partial charge is 0.313 e. The molecule has 1 aliphatic rings. The van der Waals surface area contributed by atoms with Crippen molar-refractivity contribution in [2.75, 3.05) is 6.61 Å². The van der Waals surface area contributed by atoms with Crippen LogP contribution in [0.25, 0.3) is 0 Å². The van der Waals surface area contributed by atoms with E-state index in [1.54, 1.807) is 13.8 Å². The SMILES string of the molecule is CCOC(=O)[C@@H]1CC(=O)O[C@]1(C)c1ccccc1. The van der Waals surface area contributed by atoms with Gasteiger partial charge in [-0.2, -0.15) is 0 Å². The van der Waals surface area contributed by atoms with Crippen LogP contribution in [0.15, 0.2) is 30.3 Å². The second-order valence-electron chi connectivity index (χ2n) is 4.46. The molecule has 0 spiro atoms. The molecule has 2 rings (SSSR count). The lowest BCUT2D eigenvalue weighted by molar-refractivity contribution is -0.157. The van der Waals surface area contributed by atoms with E-state index in [9.17, 15) is 9.59 Å². The molecule has 1 saturated heterocycles. The van der Waals surface area contributed by atoms with Crippen molar-refractivity contribution < 1.29 is 19.1 Å². The van der Waals surface area contributed by atoms with Crippen LogP contribution in [-0.2, 0) is 24.7 Å². The number of benzene rings is 1. The predicted molar refractivity (Wildman–Crippen MR) is 64.6 cm³/mol. The molecule has 0 aromatic heterocycles. The number of rotatable bonds is 3. The summed E-state index contributed by atoms with van der Waals surface area (Å²) in [6.45, 7) is 3.80. The summed E-state index contributed by atoms with van der Waals surface area (Å²) < 4.78 is 10.4. The van der Waals surface area contributed by atoms with Crippen molar-refractivity contribution in [1.29, 1.82) is 0 Å². The van der Waals surface area contributed by atoms with Crippen LogP contribution < -0.4 is 0 Å². The lowest BCUT2D eigenvalue weighted by Crippen LogP contribution is -2.35. The van der Waals surface area contributed by atoms with E-state index in [0.29, 0.717) is 6.61 Å². The first-order valence-corrected chi connectivity index (χ1v) is 6.02. The van der Waals surface area contributed by atoms with Gasteiger partial charge in [0.2, 0.25) is 0 Å². The minimum atomic E-state index is -0.926. The maximum absolute atomic E-state index is 11.9. The fourth-order valence-corrected chi connectivity index (χ4v) is 2.29. The van der Waals surface area contributed by atoms with E-state index in [0.717, 1.165) is 5.56 Å². The Bertz CT molecular complexity index is 454. The molecule has 2 atom stereocenters. The number of cyclic esters (lactones) is 1. The van der Waals surface area contributed by atoms with Gasteiger partial charge in [0.25, 0.3) is 0 Å². The average Bonchev–Trinajstić information content (AvgIpc) is 2.68. The molecular weight excluding hydrogens is 232 g/mol. The Morgan fingerprint density at radius 1 is 1.44 bits per heavy atom. The number of ether oxygens (including phenoxy) is 2. The molecule has 0 saturated carbocycles. The van der Waals surface area contributed by atoms with Gasteiger partial charge >= 0.3 is 11.9 Å². The number of hydrogen-bond acceptors (Lipinski definition) is 4. The van der Waals surface area contributed by atoms with Crippen molar-refractivity contribution in [3.05, 3.63) is 35.9 Å². The molecule has 0 unspecified atom stereocenters. The van der Waals surface area contributed by atoms with Crippen molar-refractivity contribution in [3.63, 3.8) is 0 Å². The molecule has 1 aliphatic heterocycles. The predicted octanol–water partition coefficient (Wildman–Crippen LogP) is 2.03. The highest BCUT2D eigenvalue weighted by atomic mass is 16.6. The van der Waals surface area contributed by atoms with Crippen LogP contribution in [0.5, 0.6) is 0 Å². The average molecular weight is 248 g/mol. The third-order valence-electron chi connectivity index (χ3n) is 3.28. The van der Waals surface area contributed by atoms with E-state index in [1.807, 2.05) is 30.3 Å². The molecule has 1 heterocycles. The third-order valence-corrected chi connectivity index (χ3v) is 3.28. The molecule has 0 aliphatic carbocycles. The van der Waals surface area contributed by atoms with Crippen LogP contribution >= 0.6 is 0 Å². The van der Waals surface area contributed by atoms with Crippen molar-refractivity contribution in [1.82, 2.24) is 0 Å². The third kappa shape index (κ3) is 2.10. The van der Waals surface area contributed by atoms with E-state index in [4.69, 9.17) is 9.47 Å². The van der Waals surface area contributed by atoms with Gasteiger partial charge in [0.15, 0.2) is 0 Å². The lowest BCUT2D eigenvalue weighted by atomic mass is 9.83. The summed E-state index contributed by atoms with van der Waals surface area (Å²) in [7, 11) is 0. The summed E-state index contributed by atoms with van der Waals surface area (Å²) in [4.78, 5) is 23.4. The van der Waals surface area contributed by atoms with Crippen LogP contribution in [0.1, 0.15) is 25.8 Å². The van der Waals surface area contributed by atoms with Gasteiger partial charge in [-0.15, -0.1) is 0 Å². The Kier molecular flexibility index (Phi) is 3.36. The van der Waals surface area contributed by atoms with E-state index >= 15 is 0 Å². The van der Waals surface area contributed by atoms with Gasteiger partial charge in [-0.3, -0.25) is 9.59 Å². The number of esters is 2. The van der Waals surface area contributed by atoms with Gasteiger partial charge in [0.05, 0.1) is 13.0 Å². The van der Waals surface area contributed by atoms with Crippen molar-refractivity contribution in [3.8, 4) is 0 Å². The highest BCUT2D eigenvalue weighted by Crippen LogP contribution is 2.42. The van der Waals surface area contributed by atoms with Gasteiger partial charge < -0.3 is 9.47 Å². The highest BCUT2D eigenvalue weighted by molar-refractivity contribution is 5.85. The zero-order chi connectivity index (χ0) is 13.2. The normalized spacial score (nSPS) is 26.8. The summed E-state index contributed by atoms with van der Waals surface area (Å²) in [5.41, 5.74) is -0.112. The molecule has 1 aromatic carbocycles. The fraction of sp³-hybridized carbons (Fsp3) is 0.429. The summed E-state index contributed by atoms with van der Waals surface area (Å²) in [5.74, 6) is -1.32.